The van der Waals surface area contributed by atoms with Gasteiger partial charge in [-0.15, -0.1) is 0 Å². The van der Waals surface area contributed by atoms with Crippen molar-refractivity contribution in [2.45, 2.75) is 46.1 Å². The van der Waals surface area contributed by atoms with Crippen LogP contribution in [0.15, 0.2) is 11.6 Å². The second-order valence-electron chi connectivity index (χ2n) is 5.07. The first kappa shape index (κ1) is 13.2. The lowest BCUT2D eigenvalue weighted by Gasteiger charge is -2.32. The van der Waals surface area contributed by atoms with Gasteiger partial charge in [0.15, 0.2) is 0 Å². The molecule has 0 bridgehead atoms. The molecule has 1 aliphatic rings. The van der Waals surface area contributed by atoms with E-state index in [0.29, 0.717) is 18.2 Å². The number of hydrogen-bond acceptors (Lipinski definition) is 2. The molecule has 2 N–H and O–H groups in total. The zero-order chi connectivity index (χ0) is 12.1. The SMILES string of the molecule is C/C(=C/CNC1CCC(C)C(C)C1)C(=O)O. The van der Waals surface area contributed by atoms with E-state index < -0.39 is 5.97 Å². The summed E-state index contributed by atoms with van der Waals surface area (Å²) in [6, 6.07) is 0.559. The van der Waals surface area contributed by atoms with E-state index in [1.807, 2.05) is 0 Å². The lowest BCUT2D eigenvalue weighted by Crippen LogP contribution is -2.36. The number of carboxylic acids is 1. The monoisotopic (exact) mass is 225 g/mol. The van der Waals surface area contributed by atoms with Gasteiger partial charge >= 0.3 is 5.97 Å². The smallest absolute Gasteiger partial charge is 0.330 e. The molecule has 16 heavy (non-hydrogen) atoms. The van der Waals surface area contributed by atoms with E-state index >= 15 is 0 Å². The number of rotatable bonds is 4. The number of aliphatic carboxylic acids is 1. The highest BCUT2D eigenvalue weighted by molar-refractivity contribution is 5.85. The highest BCUT2D eigenvalue weighted by Gasteiger charge is 2.23. The van der Waals surface area contributed by atoms with E-state index in [1.165, 1.54) is 19.3 Å². The Morgan fingerprint density at radius 2 is 2.06 bits per heavy atom. The topological polar surface area (TPSA) is 49.3 Å². The van der Waals surface area contributed by atoms with Gasteiger partial charge in [-0.05, 0) is 38.0 Å². The van der Waals surface area contributed by atoms with Crippen molar-refractivity contribution in [3.8, 4) is 0 Å². The molecule has 0 aromatic carbocycles. The van der Waals surface area contributed by atoms with Crippen molar-refractivity contribution in [2.75, 3.05) is 6.54 Å². The summed E-state index contributed by atoms with van der Waals surface area (Å²) in [7, 11) is 0. The standard InChI is InChI=1S/C13H23NO2/c1-9-4-5-12(8-11(9)3)14-7-6-10(2)13(15)16/h6,9,11-12,14H,4-5,7-8H2,1-3H3,(H,15,16)/b10-6-. The maximum absolute atomic E-state index is 10.6. The minimum absolute atomic E-state index is 0.421. The molecule has 1 aliphatic carbocycles. The van der Waals surface area contributed by atoms with Crippen LogP contribution in [0, 0.1) is 11.8 Å². The predicted molar refractivity (Wildman–Crippen MR) is 65.4 cm³/mol. The predicted octanol–water partition coefficient (Wildman–Crippen LogP) is 2.43. The molecule has 3 heteroatoms. The van der Waals surface area contributed by atoms with E-state index in [2.05, 4.69) is 19.2 Å². The van der Waals surface area contributed by atoms with Gasteiger partial charge in [0.2, 0.25) is 0 Å². The van der Waals surface area contributed by atoms with Crippen LogP contribution >= 0.6 is 0 Å². The zero-order valence-corrected chi connectivity index (χ0v) is 10.5. The first-order chi connectivity index (χ1) is 7.50. The molecule has 0 amide bonds. The van der Waals surface area contributed by atoms with Crippen molar-refractivity contribution in [2.24, 2.45) is 11.8 Å². The molecule has 1 rings (SSSR count). The molecule has 0 aromatic heterocycles. The number of carbonyl (C=O) groups is 1. The third-order valence-corrected chi connectivity index (χ3v) is 3.75. The van der Waals surface area contributed by atoms with Gasteiger partial charge in [0, 0.05) is 18.2 Å². The van der Waals surface area contributed by atoms with Crippen LogP contribution in [0.2, 0.25) is 0 Å². The maximum atomic E-state index is 10.6. The summed E-state index contributed by atoms with van der Waals surface area (Å²) in [6.07, 6.45) is 5.46. The fraction of sp³-hybridized carbons (Fsp3) is 0.769. The van der Waals surface area contributed by atoms with E-state index in [1.54, 1.807) is 13.0 Å². The molecule has 92 valence electrons. The van der Waals surface area contributed by atoms with Gasteiger partial charge in [-0.2, -0.15) is 0 Å². The third kappa shape index (κ3) is 3.97. The maximum Gasteiger partial charge on any atom is 0.330 e. The van der Waals surface area contributed by atoms with Crippen molar-refractivity contribution in [1.29, 1.82) is 0 Å². The summed E-state index contributed by atoms with van der Waals surface area (Å²) in [4.78, 5) is 10.6. The van der Waals surface area contributed by atoms with Crippen LogP contribution in [0.4, 0.5) is 0 Å². The Labute approximate surface area is 97.9 Å². The molecule has 0 radical (unpaired) electrons. The van der Waals surface area contributed by atoms with Crippen LogP contribution in [-0.4, -0.2) is 23.7 Å². The highest BCUT2D eigenvalue weighted by atomic mass is 16.4. The first-order valence-electron chi connectivity index (χ1n) is 6.14. The summed E-state index contributed by atoms with van der Waals surface area (Å²) in [5.74, 6) is 0.776. The van der Waals surface area contributed by atoms with Crippen LogP contribution in [0.3, 0.4) is 0 Å². The van der Waals surface area contributed by atoms with Crippen molar-refractivity contribution >= 4 is 5.97 Å². The van der Waals surface area contributed by atoms with Gasteiger partial charge in [0.25, 0.3) is 0 Å². The summed E-state index contributed by atoms with van der Waals surface area (Å²) in [6.45, 7) is 6.92. The van der Waals surface area contributed by atoms with Gasteiger partial charge in [-0.25, -0.2) is 4.79 Å². The molecule has 1 fully saturated rings. The fourth-order valence-electron chi connectivity index (χ4n) is 2.20. The van der Waals surface area contributed by atoms with Crippen LogP contribution in [0.5, 0.6) is 0 Å². The van der Waals surface area contributed by atoms with E-state index in [-0.39, 0.29) is 0 Å². The molecule has 0 aromatic rings. The molecule has 0 heterocycles. The number of hydrogen-bond donors (Lipinski definition) is 2. The molecule has 1 saturated carbocycles. The largest absolute Gasteiger partial charge is 0.478 e. The zero-order valence-electron chi connectivity index (χ0n) is 10.5. The van der Waals surface area contributed by atoms with Crippen LogP contribution in [0.25, 0.3) is 0 Å². The van der Waals surface area contributed by atoms with E-state index in [9.17, 15) is 4.79 Å². The van der Waals surface area contributed by atoms with Crippen LogP contribution in [0.1, 0.15) is 40.0 Å². The van der Waals surface area contributed by atoms with Gasteiger partial charge in [0.1, 0.15) is 0 Å². The second-order valence-corrected chi connectivity index (χ2v) is 5.07. The summed E-state index contributed by atoms with van der Waals surface area (Å²) in [5, 5.41) is 12.1. The average molecular weight is 225 g/mol. The Kier molecular flexibility index (Phi) is 5.00. The summed E-state index contributed by atoms with van der Waals surface area (Å²) in [5.41, 5.74) is 0.421. The van der Waals surface area contributed by atoms with Gasteiger partial charge < -0.3 is 10.4 Å². The Morgan fingerprint density at radius 3 is 2.62 bits per heavy atom. The molecular weight excluding hydrogens is 202 g/mol. The molecular formula is C13H23NO2. The van der Waals surface area contributed by atoms with Crippen molar-refractivity contribution < 1.29 is 9.90 Å². The van der Waals surface area contributed by atoms with Crippen molar-refractivity contribution in [3.05, 3.63) is 11.6 Å². The van der Waals surface area contributed by atoms with Crippen molar-refractivity contribution in [1.82, 2.24) is 5.32 Å². The highest BCUT2D eigenvalue weighted by Crippen LogP contribution is 2.29. The lowest BCUT2D eigenvalue weighted by atomic mass is 9.79. The van der Waals surface area contributed by atoms with E-state index in [4.69, 9.17) is 5.11 Å². The quantitative estimate of drug-likeness (QED) is 0.722. The van der Waals surface area contributed by atoms with E-state index in [0.717, 1.165) is 11.8 Å². The average Bonchev–Trinajstić information content (AvgIpc) is 2.23. The summed E-state index contributed by atoms with van der Waals surface area (Å²) >= 11 is 0. The van der Waals surface area contributed by atoms with Gasteiger partial charge in [-0.1, -0.05) is 19.9 Å². The Hall–Kier alpha value is -0.830. The second kappa shape index (κ2) is 6.04. The lowest BCUT2D eigenvalue weighted by molar-refractivity contribution is -0.132. The molecule has 0 aliphatic heterocycles. The Bertz CT molecular complexity index is 273. The molecule has 0 saturated heterocycles. The molecule has 3 unspecified atom stereocenters. The Morgan fingerprint density at radius 1 is 1.38 bits per heavy atom. The molecule has 0 spiro atoms. The fourth-order valence-corrected chi connectivity index (χ4v) is 2.20. The minimum atomic E-state index is -0.826. The van der Waals surface area contributed by atoms with Gasteiger partial charge in [-0.3, -0.25) is 0 Å². The third-order valence-electron chi connectivity index (χ3n) is 3.75. The normalized spacial score (nSPS) is 31.4. The number of nitrogens with one attached hydrogen (secondary N) is 1. The first-order valence-corrected chi connectivity index (χ1v) is 6.14. The van der Waals surface area contributed by atoms with Crippen LogP contribution in [-0.2, 0) is 4.79 Å². The summed E-state index contributed by atoms with van der Waals surface area (Å²) < 4.78 is 0. The van der Waals surface area contributed by atoms with Crippen molar-refractivity contribution in [3.63, 3.8) is 0 Å². The van der Waals surface area contributed by atoms with Crippen LogP contribution < -0.4 is 5.32 Å². The minimum Gasteiger partial charge on any atom is -0.478 e. The van der Waals surface area contributed by atoms with Gasteiger partial charge in [0.05, 0.1) is 0 Å². The number of carboxylic acid groups (broad SMARTS) is 1. The molecule has 3 nitrogen and oxygen atoms in total. The Balaban J connectivity index is 2.29. The molecule has 3 atom stereocenters.